The first-order chi connectivity index (χ1) is 8.07. The zero-order valence-corrected chi connectivity index (χ0v) is 10.7. The summed E-state index contributed by atoms with van der Waals surface area (Å²) in [6, 6.07) is 6.29. The largest absolute Gasteiger partial charge is 0.464 e. The minimum Gasteiger partial charge on any atom is -0.464 e. The van der Waals surface area contributed by atoms with Gasteiger partial charge in [-0.3, -0.25) is 0 Å². The molecule has 94 valence electrons. The Hall–Kier alpha value is -0.780. The molecule has 0 N–H and O–H groups in total. The maximum absolute atomic E-state index is 11.3. The molecule has 1 unspecified atom stereocenters. The number of rotatable bonds is 3. The van der Waals surface area contributed by atoms with Gasteiger partial charge in [0.05, 0.1) is 6.61 Å². The monoisotopic (exact) mass is 276 g/mol. The van der Waals surface area contributed by atoms with E-state index in [2.05, 4.69) is 0 Å². The van der Waals surface area contributed by atoms with Crippen molar-refractivity contribution in [3.05, 3.63) is 24.3 Å². The molecular weight excluding hydrogens is 264 g/mol. The fraction of sp³-hybridized carbons (Fsp3) is 0.455. The van der Waals surface area contributed by atoms with Gasteiger partial charge < -0.3 is 9.47 Å². The number of hydrogen-bond acceptors (Lipinski definition) is 4. The summed E-state index contributed by atoms with van der Waals surface area (Å²) < 4.78 is 33.6. The molecule has 1 aliphatic rings. The summed E-state index contributed by atoms with van der Waals surface area (Å²) in [5.41, 5.74) is 0. The molecule has 0 aliphatic carbocycles. The predicted octanol–water partition coefficient (Wildman–Crippen LogP) is 2.52. The van der Waals surface area contributed by atoms with Crippen LogP contribution in [0.3, 0.4) is 0 Å². The van der Waals surface area contributed by atoms with Crippen molar-refractivity contribution >= 4 is 19.7 Å². The fourth-order valence-electron chi connectivity index (χ4n) is 1.69. The van der Waals surface area contributed by atoms with Gasteiger partial charge in [0, 0.05) is 17.1 Å². The molecule has 0 saturated carbocycles. The lowest BCUT2D eigenvalue weighted by Crippen LogP contribution is -2.25. The average molecular weight is 277 g/mol. The van der Waals surface area contributed by atoms with Crippen molar-refractivity contribution in [3.8, 4) is 5.75 Å². The van der Waals surface area contributed by atoms with Gasteiger partial charge in [-0.2, -0.15) is 0 Å². The molecule has 17 heavy (non-hydrogen) atoms. The Kier molecular flexibility index (Phi) is 3.91. The predicted molar refractivity (Wildman–Crippen MR) is 63.7 cm³/mol. The third-order valence-corrected chi connectivity index (χ3v) is 3.87. The molecule has 0 spiro atoms. The summed E-state index contributed by atoms with van der Waals surface area (Å²) in [5.74, 6) is 0.245. The van der Waals surface area contributed by atoms with Crippen molar-refractivity contribution in [2.24, 2.45) is 0 Å². The van der Waals surface area contributed by atoms with Crippen LogP contribution >= 0.6 is 10.7 Å². The molecule has 1 atom stereocenters. The van der Waals surface area contributed by atoms with Gasteiger partial charge in [0.1, 0.15) is 10.6 Å². The van der Waals surface area contributed by atoms with Crippen LogP contribution in [0.15, 0.2) is 29.2 Å². The highest BCUT2D eigenvalue weighted by Gasteiger charge is 2.21. The second kappa shape index (κ2) is 5.25. The van der Waals surface area contributed by atoms with Crippen molar-refractivity contribution in [2.45, 2.75) is 30.4 Å². The number of benzene rings is 1. The maximum atomic E-state index is 11.3. The summed E-state index contributed by atoms with van der Waals surface area (Å²) in [5, 5.41) is 0. The average Bonchev–Trinajstić information content (AvgIpc) is 2.30. The molecular formula is C11H13ClO4S. The number of halogens is 1. The van der Waals surface area contributed by atoms with Gasteiger partial charge >= 0.3 is 0 Å². The Morgan fingerprint density at radius 1 is 1.29 bits per heavy atom. The van der Waals surface area contributed by atoms with Crippen molar-refractivity contribution < 1.29 is 17.9 Å². The van der Waals surface area contributed by atoms with Crippen LogP contribution in [-0.4, -0.2) is 21.3 Å². The Morgan fingerprint density at radius 2 is 2.06 bits per heavy atom. The lowest BCUT2D eigenvalue weighted by molar-refractivity contribution is -0.107. The molecule has 1 aromatic carbocycles. The molecule has 1 saturated heterocycles. The topological polar surface area (TPSA) is 52.6 Å². The van der Waals surface area contributed by atoms with E-state index in [9.17, 15) is 8.42 Å². The Labute approximate surface area is 105 Å². The van der Waals surface area contributed by atoms with Crippen LogP contribution in [0.2, 0.25) is 0 Å². The normalized spacial score (nSPS) is 21.1. The smallest absolute Gasteiger partial charge is 0.264 e. The fourth-order valence-corrected chi connectivity index (χ4v) is 2.67. The van der Waals surface area contributed by atoms with Gasteiger partial charge in [0.25, 0.3) is 9.05 Å². The van der Waals surface area contributed by atoms with E-state index in [1.165, 1.54) is 6.07 Å². The second-order valence-corrected chi connectivity index (χ2v) is 6.33. The molecule has 1 aliphatic heterocycles. The minimum atomic E-state index is -3.79. The van der Waals surface area contributed by atoms with Gasteiger partial charge in [0.2, 0.25) is 0 Å². The third-order valence-electron chi connectivity index (χ3n) is 2.51. The number of para-hydroxylation sites is 1. The molecule has 0 amide bonds. The van der Waals surface area contributed by atoms with Gasteiger partial charge in [-0.25, -0.2) is 8.42 Å². The van der Waals surface area contributed by atoms with Crippen LogP contribution in [-0.2, 0) is 13.8 Å². The molecule has 1 aromatic rings. The van der Waals surface area contributed by atoms with Crippen LogP contribution in [0.1, 0.15) is 19.3 Å². The molecule has 1 fully saturated rings. The lowest BCUT2D eigenvalue weighted by atomic mass is 10.2. The highest BCUT2D eigenvalue weighted by molar-refractivity contribution is 8.13. The van der Waals surface area contributed by atoms with Crippen molar-refractivity contribution in [1.82, 2.24) is 0 Å². The van der Waals surface area contributed by atoms with Crippen LogP contribution in [0.25, 0.3) is 0 Å². The molecule has 0 bridgehead atoms. The van der Waals surface area contributed by atoms with Crippen molar-refractivity contribution in [1.29, 1.82) is 0 Å². The van der Waals surface area contributed by atoms with Crippen LogP contribution in [0.4, 0.5) is 0 Å². The van der Waals surface area contributed by atoms with Gasteiger partial charge in [0.15, 0.2) is 6.29 Å². The second-order valence-electron chi connectivity index (χ2n) is 3.80. The summed E-state index contributed by atoms with van der Waals surface area (Å²) in [6.07, 6.45) is 2.40. The van der Waals surface area contributed by atoms with Gasteiger partial charge in [-0.1, -0.05) is 12.1 Å². The molecule has 0 radical (unpaired) electrons. The van der Waals surface area contributed by atoms with E-state index in [0.29, 0.717) is 6.61 Å². The van der Waals surface area contributed by atoms with E-state index in [4.69, 9.17) is 20.2 Å². The molecule has 0 aromatic heterocycles. The SMILES string of the molecule is O=S(=O)(Cl)c1ccccc1OC1CCCCO1. The Morgan fingerprint density at radius 3 is 2.71 bits per heavy atom. The van der Waals surface area contributed by atoms with Gasteiger partial charge in [-0.15, -0.1) is 0 Å². The van der Waals surface area contributed by atoms with E-state index in [-0.39, 0.29) is 16.9 Å². The summed E-state index contributed by atoms with van der Waals surface area (Å²) >= 11 is 0. The van der Waals surface area contributed by atoms with E-state index >= 15 is 0 Å². The first kappa shape index (κ1) is 12.7. The molecule has 1 heterocycles. The quantitative estimate of drug-likeness (QED) is 0.796. The first-order valence-corrected chi connectivity index (χ1v) is 7.70. The minimum absolute atomic E-state index is 0.0177. The Balaban J connectivity index is 2.20. The van der Waals surface area contributed by atoms with Crippen molar-refractivity contribution in [3.63, 3.8) is 0 Å². The van der Waals surface area contributed by atoms with E-state index in [0.717, 1.165) is 19.3 Å². The summed E-state index contributed by atoms with van der Waals surface area (Å²) in [4.78, 5) is -0.0177. The summed E-state index contributed by atoms with van der Waals surface area (Å²) in [6.45, 7) is 0.639. The van der Waals surface area contributed by atoms with E-state index in [1.807, 2.05) is 0 Å². The Bertz CT molecular complexity index is 480. The van der Waals surface area contributed by atoms with E-state index < -0.39 is 9.05 Å². The highest BCUT2D eigenvalue weighted by atomic mass is 35.7. The van der Waals surface area contributed by atoms with E-state index in [1.54, 1.807) is 18.2 Å². The first-order valence-electron chi connectivity index (χ1n) is 5.39. The molecule has 4 nitrogen and oxygen atoms in total. The zero-order chi connectivity index (χ0) is 12.3. The summed E-state index contributed by atoms with van der Waals surface area (Å²) in [7, 11) is 1.54. The molecule has 2 rings (SSSR count). The van der Waals surface area contributed by atoms with Gasteiger partial charge in [-0.05, 0) is 25.0 Å². The van der Waals surface area contributed by atoms with Crippen LogP contribution < -0.4 is 4.74 Å². The number of ether oxygens (including phenoxy) is 2. The third kappa shape index (κ3) is 3.34. The van der Waals surface area contributed by atoms with Crippen LogP contribution in [0, 0.1) is 0 Å². The maximum Gasteiger partial charge on any atom is 0.264 e. The molecule has 6 heteroatoms. The van der Waals surface area contributed by atoms with Crippen molar-refractivity contribution in [2.75, 3.05) is 6.61 Å². The zero-order valence-electron chi connectivity index (χ0n) is 9.13. The van der Waals surface area contributed by atoms with Crippen LogP contribution in [0.5, 0.6) is 5.75 Å². The standard InChI is InChI=1S/C11H13ClO4S/c12-17(13,14)10-6-2-1-5-9(10)16-11-7-3-4-8-15-11/h1-2,5-6,11H,3-4,7-8H2. The highest BCUT2D eigenvalue weighted by Crippen LogP contribution is 2.28. The lowest BCUT2D eigenvalue weighted by Gasteiger charge is -2.24. The number of hydrogen-bond donors (Lipinski definition) is 0.